The fourth-order valence-electron chi connectivity index (χ4n) is 4.48. The Kier molecular flexibility index (Phi) is 3.19. The molecule has 8 heteroatoms. The Morgan fingerprint density at radius 2 is 1.70 bits per heavy atom. The maximum atomic E-state index is 12.5. The van der Waals surface area contributed by atoms with Gasteiger partial charge in [-0.3, -0.25) is 19.3 Å². The first-order chi connectivity index (χ1) is 11.0. The lowest BCUT2D eigenvalue weighted by Crippen LogP contribution is -2.47. The van der Waals surface area contributed by atoms with Gasteiger partial charge in [-0.15, -0.1) is 0 Å². The fraction of sp³-hybridized carbons (Fsp3) is 0.733. The highest BCUT2D eigenvalue weighted by molar-refractivity contribution is 6.08. The van der Waals surface area contributed by atoms with Crippen LogP contribution in [0.5, 0.6) is 0 Å². The Balaban J connectivity index is 1.49. The Morgan fingerprint density at radius 3 is 2.26 bits per heavy atom. The van der Waals surface area contributed by atoms with Crippen LogP contribution in [0.3, 0.4) is 0 Å². The first kappa shape index (κ1) is 14.6. The highest BCUT2D eigenvalue weighted by Gasteiger charge is 2.62. The molecule has 3 amide bonds. The molecule has 0 spiro atoms. The molecule has 4 aliphatic heterocycles. The summed E-state index contributed by atoms with van der Waals surface area (Å²) < 4.78 is 5.64. The smallest absolute Gasteiger partial charge is 0.326 e. The van der Waals surface area contributed by atoms with E-state index in [1.807, 2.05) is 0 Å². The Labute approximate surface area is 132 Å². The molecule has 4 rings (SSSR count). The largest absolute Gasteiger partial charge is 0.480 e. The van der Waals surface area contributed by atoms with Gasteiger partial charge >= 0.3 is 5.97 Å². The van der Waals surface area contributed by atoms with Crippen LogP contribution in [0.4, 0.5) is 0 Å². The molecular formula is C15H18N2O6. The highest BCUT2D eigenvalue weighted by atomic mass is 16.5. The standard InChI is InChI=1S/C15H18N2O6/c18-10(16-5-1-2-7(16)15(21)22)6-17-13(19)11-8-3-4-9(23-8)12(11)14(17)20/h7-9,11-12H,1-6H2,(H,21,22)/t7-,8?,9?,11?,12?/m1/s1. The quantitative estimate of drug-likeness (QED) is 0.684. The van der Waals surface area contributed by atoms with Crippen LogP contribution in [0, 0.1) is 11.8 Å². The number of imide groups is 1. The number of carboxylic acids is 1. The number of carboxylic acid groups (broad SMARTS) is 1. The maximum absolute atomic E-state index is 12.5. The number of fused-ring (bicyclic) bond motifs is 5. The third-order valence-corrected chi connectivity index (χ3v) is 5.53. The Hall–Kier alpha value is -1.96. The first-order valence-corrected chi connectivity index (χ1v) is 8.02. The molecule has 8 nitrogen and oxygen atoms in total. The van der Waals surface area contributed by atoms with Crippen molar-refractivity contribution in [2.24, 2.45) is 11.8 Å². The van der Waals surface area contributed by atoms with E-state index in [9.17, 15) is 19.2 Å². The van der Waals surface area contributed by atoms with Gasteiger partial charge in [0, 0.05) is 6.54 Å². The van der Waals surface area contributed by atoms with Crippen LogP contribution in [-0.4, -0.2) is 69.9 Å². The summed E-state index contributed by atoms with van der Waals surface area (Å²) in [5, 5.41) is 9.15. The number of aliphatic carboxylic acids is 1. The molecule has 0 radical (unpaired) electrons. The summed E-state index contributed by atoms with van der Waals surface area (Å²) >= 11 is 0. The number of hydrogen-bond donors (Lipinski definition) is 1. The summed E-state index contributed by atoms with van der Waals surface area (Å²) in [6.45, 7) is 0.00112. The minimum Gasteiger partial charge on any atom is -0.480 e. The molecule has 0 aliphatic carbocycles. The maximum Gasteiger partial charge on any atom is 0.326 e. The summed E-state index contributed by atoms with van der Waals surface area (Å²) in [6, 6.07) is -0.852. The number of hydrogen-bond acceptors (Lipinski definition) is 5. The molecule has 0 aromatic heterocycles. The zero-order chi connectivity index (χ0) is 16.3. The monoisotopic (exact) mass is 322 g/mol. The number of carbonyl (C=O) groups is 4. The van der Waals surface area contributed by atoms with Gasteiger partial charge in [0.1, 0.15) is 12.6 Å². The van der Waals surface area contributed by atoms with Crippen molar-refractivity contribution < 1.29 is 29.0 Å². The lowest BCUT2D eigenvalue weighted by atomic mass is 9.81. The SMILES string of the molecule is O=C(O)[C@H]1CCCN1C(=O)CN1C(=O)C2C3CCC(O3)C2C1=O. The van der Waals surface area contributed by atoms with Crippen LogP contribution in [0.2, 0.25) is 0 Å². The van der Waals surface area contributed by atoms with Crippen molar-refractivity contribution in [3.8, 4) is 0 Å². The summed E-state index contributed by atoms with van der Waals surface area (Å²) in [4.78, 5) is 50.8. The van der Waals surface area contributed by atoms with Crippen molar-refractivity contribution in [2.45, 2.75) is 43.9 Å². The molecule has 2 bridgehead atoms. The van der Waals surface area contributed by atoms with Gasteiger partial charge in [-0.2, -0.15) is 0 Å². The van der Waals surface area contributed by atoms with Crippen molar-refractivity contribution >= 4 is 23.7 Å². The molecule has 5 atom stereocenters. The van der Waals surface area contributed by atoms with E-state index in [-0.39, 0.29) is 30.6 Å². The molecule has 1 N–H and O–H groups in total. The molecule has 0 aromatic carbocycles. The number of amides is 3. The third kappa shape index (κ3) is 2.00. The molecular weight excluding hydrogens is 304 g/mol. The van der Waals surface area contributed by atoms with Crippen molar-refractivity contribution in [1.82, 2.24) is 9.80 Å². The molecule has 0 aromatic rings. The molecule has 4 saturated heterocycles. The molecule has 4 fully saturated rings. The lowest BCUT2D eigenvalue weighted by molar-refractivity contribution is -0.152. The Bertz CT molecular complexity index is 577. The van der Waals surface area contributed by atoms with Gasteiger partial charge in [-0.25, -0.2) is 4.79 Å². The third-order valence-electron chi connectivity index (χ3n) is 5.53. The van der Waals surface area contributed by atoms with E-state index in [0.717, 1.165) is 17.7 Å². The highest BCUT2D eigenvalue weighted by Crippen LogP contribution is 2.48. The molecule has 4 heterocycles. The summed E-state index contributed by atoms with van der Waals surface area (Å²) in [5.41, 5.74) is 0. The number of likely N-dealkylation sites (tertiary alicyclic amines) is 2. The van der Waals surface area contributed by atoms with Gasteiger partial charge in [0.2, 0.25) is 17.7 Å². The van der Waals surface area contributed by atoms with E-state index in [4.69, 9.17) is 9.84 Å². The Morgan fingerprint density at radius 1 is 1.09 bits per heavy atom. The number of rotatable bonds is 3. The lowest BCUT2D eigenvalue weighted by Gasteiger charge is -2.24. The number of carbonyl (C=O) groups excluding carboxylic acids is 3. The van der Waals surface area contributed by atoms with E-state index >= 15 is 0 Å². The van der Waals surface area contributed by atoms with Gasteiger partial charge in [0.05, 0.1) is 24.0 Å². The summed E-state index contributed by atoms with van der Waals surface area (Å²) in [5.74, 6) is -3.10. The average molecular weight is 322 g/mol. The molecule has 4 aliphatic rings. The van der Waals surface area contributed by atoms with E-state index in [1.54, 1.807) is 0 Å². The molecule has 124 valence electrons. The number of ether oxygens (including phenoxy) is 1. The predicted molar refractivity (Wildman–Crippen MR) is 74.0 cm³/mol. The first-order valence-electron chi connectivity index (χ1n) is 8.02. The zero-order valence-electron chi connectivity index (χ0n) is 12.5. The summed E-state index contributed by atoms with van der Waals surface area (Å²) in [6.07, 6.45) is 2.17. The summed E-state index contributed by atoms with van der Waals surface area (Å²) in [7, 11) is 0. The second-order valence-electron chi connectivity index (χ2n) is 6.69. The second kappa shape index (κ2) is 5.02. The molecule has 23 heavy (non-hydrogen) atoms. The second-order valence-corrected chi connectivity index (χ2v) is 6.69. The zero-order valence-corrected chi connectivity index (χ0v) is 12.5. The van der Waals surface area contributed by atoms with Crippen LogP contribution in [0.15, 0.2) is 0 Å². The van der Waals surface area contributed by atoms with Gasteiger partial charge < -0.3 is 14.7 Å². The van der Waals surface area contributed by atoms with Crippen molar-refractivity contribution in [3.63, 3.8) is 0 Å². The van der Waals surface area contributed by atoms with Gasteiger partial charge in [0.25, 0.3) is 0 Å². The molecule has 0 saturated carbocycles. The van der Waals surface area contributed by atoms with Crippen LogP contribution in [0.25, 0.3) is 0 Å². The van der Waals surface area contributed by atoms with Crippen molar-refractivity contribution in [3.05, 3.63) is 0 Å². The van der Waals surface area contributed by atoms with Crippen LogP contribution < -0.4 is 0 Å². The topological polar surface area (TPSA) is 104 Å². The van der Waals surface area contributed by atoms with Crippen LogP contribution >= 0.6 is 0 Å². The van der Waals surface area contributed by atoms with E-state index in [2.05, 4.69) is 0 Å². The van der Waals surface area contributed by atoms with E-state index in [1.165, 1.54) is 4.90 Å². The van der Waals surface area contributed by atoms with Gasteiger partial charge in [0.15, 0.2) is 0 Å². The normalized spacial score (nSPS) is 38.5. The van der Waals surface area contributed by atoms with E-state index < -0.39 is 29.8 Å². The van der Waals surface area contributed by atoms with E-state index in [0.29, 0.717) is 19.4 Å². The van der Waals surface area contributed by atoms with Crippen molar-refractivity contribution in [2.75, 3.05) is 13.1 Å². The minimum absolute atomic E-state index is 0.208. The average Bonchev–Trinajstić information content (AvgIpc) is 3.26. The van der Waals surface area contributed by atoms with Crippen LogP contribution in [-0.2, 0) is 23.9 Å². The number of nitrogens with zero attached hydrogens (tertiary/aromatic N) is 2. The van der Waals surface area contributed by atoms with Crippen LogP contribution in [0.1, 0.15) is 25.7 Å². The fourth-order valence-corrected chi connectivity index (χ4v) is 4.48. The minimum atomic E-state index is -1.04. The predicted octanol–water partition coefficient (Wildman–Crippen LogP) is -0.776. The molecule has 4 unspecified atom stereocenters. The van der Waals surface area contributed by atoms with Gasteiger partial charge in [-0.1, -0.05) is 0 Å². The van der Waals surface area contributed by atoms with Gasteiger partial charge in [-0.05, 0) is 25.7 Å². The van der Waals surface area contributed by atoms with Crippen molar-refractivity contribution in [1.29, 1.82) is 0 Å².